The monoisotopic (exact) mass is 414 g/mol. The zero-order chi connectivity index (χ0) is 20.2. The summed E-state index contributed by atoms with van der Waals surface area (Å²) in [5.41, 5.74) is 6.11. The van der Waals surface area contributed by atoms with Crippen LogP contribution in [0.4, 0.5) is 11.4 Å². The summed E-state index contributed by atoms with van der Waals surface area (Å²) in [4.78, 5) is 13.2. The van der Waals surface area contributed by atoms with Gasteiger partial charge in [0, 0.05) is 12.1 Å². The van der Waals surface area contributed by atoms with Gasteiger partial charge < -0.3 is 10.6 Å². The van der Waals surface area contributed by atoms with Crippen molar-refractivity contribution in [3.8, 4) is 0 Å². The molecule has 1 heterocycles. The number of Topliss-reactive ketones (excluding diaryl/α,β-unsaturated/α-hetero) is 1. The second-order valence-corrected chi connectivity index (χ2v) is 9.43. The van der Waals surface area contributed by atoms with E-state index in [1.54, 1.807) is 6.07 Å². The van der Waals surface area contributed by atoms with Crippen molar-refractivity contribution in [2.45, 2.75) is 40.2 Å². The molecule has 5 heteroatoms. The number of anilines is 2. The van der Waals surface area contributed by atoms with Gasteiger partial charge in [0.2, 0.25) is 0 Å². The molecule has 2 atom stereocenters. The number of carbonyl (C=O) groups excluding carboxylic acids is 1. The number of allylic oxidation sites excluding steroid dienone is 1. The molecule has 0 bridgehead atoms. The number of hydrogen-bond acceptors (Lipinski definition) is 3. The van der Waals surface area contributed by atoms with Crippen LogP contribution >= 0.6 is 23.2 Å². The van der Waals surface area contributed by atoms with Crippen LogP contribution in [-0.4, -0.2) is 5.78 Å². The molecule has 2 N–H and O–H groups in total. The highest BCUT2D eigenvalue weighted by molar-refractivity contribution is 6.42. The van der Waals surface area contributed by atoms with Gasteiger partial charge >= 0.3 is 0 Å². The van der Waals surface area contributed by atoms with Crippen LogP contribution in [-0.2, 0) is 4.79 Å². The zero-order valence-electron chi connectivity index (χ0n) is 16.5. The summed E-state index contributed by atoms with van der Waals surface area (Å²) in [5, 5.41) is 8.18. The van der Waals surface area contributed by atoms with E-state index < -0.39 is 0 Å². The van der Waals surface area contributed by atoms with Gasteiger partial charge in [-0.15, -0.1) is 0 Å². The number of fused-ring (bicyclic) bond motifs is 2. The SMILES string of the molecule is Cc1cc2c(cc1C)N[C@@H](c1ccc(Cl)c(Cl)c1)[C@@H]1C(=O)CC(C)(C)C=C1N2. The number of halogens is 2. The van der Waals surface area contributed by atoms with Crippen molar-refractivity contribution < 1.29 is 4.79 Å². The first kappa shape index (κ1) is 19.4. The Hall–Kier alpha value is -1.97. The zero-order valence-corrected chi connectivity index (χ0v) is 18.0. The van der Waals surface area contributed by atoms with E-state index in [-0.39, 0.29) is 23.2 Å². The van der Waals surface area contributed by atoms with Crippen LogP contribution in [0.1, 0.15) is 43.0 Å². The molecule has 3 nitrogen and oxygen atoms in total. The molecule has 2 aromatic rings. The molecule has 0 fully saturated rings. The number of hydrogen-bond donors (Lipinski definition) is 2. The predicted octanol–water partition coefficient (Wildman–Crippen LogP) is 6.69. The molecule has 28 heavy (non-hydrogen) atoms. The van der Waals surface area contributed by atoms with Crippen molar-refractivity contribution in [1.29, 1.82) is 0 Å². The summed E-state index contributed by atoms with van der Waals surface area (Å²) in [6.07, 6.45) is 2.71. The summed E-state index contributed by atoms with van der Waals surface area (Å²) < 4.78 is 0. The van der Waals surface area contributed by atoms with Crippen LogP contribution in [0.25, 0.3) is 0 Å². The van der Waals surface area contributed by atoms with E-state index in [9.17, 15) is 4.79 Å². The fraction of sp³-hybridized carbons (Fsp3) is 0.348. The third-order valence-corrected chi connectivity index (χ3v) is 6.46. The molecule has 0 radical (unpaired) electrons. The van der Waals surface area contributed by atoms with Gasteiger partial charge in [-0.3, -0.25) is 4.79 Å². The average molecular weight is 415 g/mol. The van der Waals surface area contributed by atoms with E-state index in [2.05, 4.69) is 56.5 Å². The minimum absolute atomic E-state index is 0.178. The van der Waals surface area contributed by atoms with Crippen molar-refractivity contribution in [2.24, 2.45) is 11.3 Å². The molecular weight excluding hydrogens is 391 g/mol. The molecule has 0 spiro atoms. The molecule has 0 amide bonds. The number of ketones is 1. The fourth-order valence-electron chi connectivity index (χ4n) is 4.20. The third kappa shape index (κ3) is 3.42. The van der Waals surface area contributed by atoms with Gasteiger partial charge in [0.25, 0.3) is 0 Å². The Labute approximate surface area is 176 Å². The van der Waals surface area contributed by atoms with Crippen molar-refractivity contribution >= 4 is 40.4 Å². The molecule has 0 aromatic heterocycles. The Morgan fingerprint density at radius 1 is 1.00 bits per heavy atom. The van der Waals surface area contributed by atoms with Crippen molar-refractivity contribution in [2.75, 3.05) is 10.6 Å². The Kier molecular flexibility index (Phi) is 4.71. The van der Waals surface area contributed by atoms with Gasteiger partial charge in [-0.25, -0.2) is 0 Å². The maximum absolute atomic E-state index is 13.2. The third-order valence-electron chi connectivity index (χ3n) is 5.72. The average Bonchev–Trinajstić information content (AvgIpc) is 2.73. The first-order valence-electron chi connectivity index (χ1n) is 9.50. The lowest BCUT2D eigenvalue weighted by atomic mass is 9.72. The minimum Gasteiger partial charge on any atom is -0.375 e. The Morgan fingerprint density at radius 2 is 1.68 bits per heavy atom. The molecule has 0 unspecified atom stereocenters. The van der Waals surface area contributed by atoms with Gasteiger partial charge in [0.15, 0.2) is 0 Å². The second kappa shape index (κ2) is 6.82. The molecule has 1 aliphatic carbocycles. The number of rotatable bonds is 1. The molecule has 2 aliphatic rings. The number of nitrogens with one attached hydrogen (secondary N) is 2. The van der Waals surface area contributed by atoms with E-state index in [1.165, 1.54) is 11.1 Å². The highest BCUT2D eigenvalue weighted by atomic mass is 35.5. The van der Waals surface area contributed by atoms with Crippen molar-refractivity contribution in [3.05, 3.63) is 68.8 Å². The summed E-state index contributed by atoms with van der Waals surface area (Å²) in [6.45, 7) is 8.39. The van der Waals surface area contributed by atoms with Crippen LogP contribution < -0.4 is 10.6 Å². The lowest BCUT2D eigenvalue weighted by molar-refractivity contribution is -0.124. The summed E-state index contributed by atoms with van der Waals surface area (Å²) in [5.74, 6) is -0.0851. The molecule has 1 aliphatic heterocycles. The summed E-state index contributed by atoms with van der Waals surface area (Å²) >= 11 is 12.4. The maximum Gasteiger partial charge on any atom is 0.145 e. The first-order valence-corrected chi connectivity index (χ1v) is 10.3. The van der Waals surface area contributed by atoms with Gasteiger partial charge in [0.05, 0.1) is 33.4 Å². The van der Waals surface area contributed by atoms with E-state index in [0.29, 0.717) is 16.5 Å². The van der Waals surface area contributed by atoms with Crippen molar-refractivity contribution in [3.63, 3.8) is 0 Å². The Morgan fingerprint density at radius 3 is 2.36 bits per heavy atom. The molecule has 2 aromatic carbocycles. The van der Waals surface area contributed by atoms with Crippen molar-refractivity contribution in [1.82, 2.24) is 0 Å². The highest BCUT2D eigenvalue weighted by Crippen LogP contribution is 2.46. The number of benzene rings is 2. The van der Waals surface area contributed by atoms with Crippen LogP contribution in [0.15, 0.2) is 42.1 Å². The van der Waals surface area contributed by atoms with Gasteiger partial charge in [-0.05, 0) is 60.2 Å². The summed E-state index contributed by atoms with van der Waals surface area (Å²) in [7, 11) is 0. The van der Waals surface area contributed by atoms with Gasteiger partial charge in [-0.1, -0.05) is 49.2 Å². The molecule has 0 saturated heterocycles. The molecule has 4 rings (SSSR count). The molecule has 0 saturated carbocycles. The topological polar surface area (TPSA) is 41.1 Å². The van der Waals surface area contributed by atoms with Crippen LogP contribution in [0.3, 0.4) is 0 Å². The lowest BCUT2D eigenvalue weighted by Gasteiger charge is -2.35. The standard InChI is InChI=1S/C23H24Cl2N2O/c1-12-7-17-18(8-13(12)2)27-22(14-5-6-15(24)16(25)9-14)21-19(26-17)10-23(3,4)11-20(21)28/h5-10,21-22,26-27H,11H2,1-4H3/t21-,22-/m0/s1. The quantitative estimate of drug-likeness (QED) is 0.545. The van der Waals surface area contributed by atoms with Gasteiger partial charge in [0.1, 0.15) is 5.78 Å². The molecular formula is C23H24Cl2N2O. The summed E-state index contributed by atoms with van der Waals surface area (Å²) in [6, 6.07) is 9.65. The normalized spacial score (nSPS) is 22.9. The Bertz CT molecular complexity index is 1010. The fourth-order valence-corrected chi connectivity index (χ4v) is 4.51. The minimum atomic E-state index is -0.307. The van der Waals surface area contributed by atoms with E-state index in [0.717, 1.165) is 22.6 Å². The number of carbonyl (C=O) groups is 1. The Balaban J connectivity index is 1.91. The van der Waals surface area contributed by atoms with Crippen LogP contribution in [0, 0.1) is 25.2 Å². The van der Waals surface area contributed by atoms with E-state index in [1.807, 2.05) is 12.1 Å². The number of aryl methyl sites for hydroxylation is 2. The highest BCUT2D eigenvalue weighted by Gasteiger charge is 2.41. The van der Waals surface area contributed by atoms with E-state index >= 15 is 0 Å². The molecule has 146 valence electrons. The van der Waals surface area contributed by atoms with Crippen LogP contribution in [0.2, 0.25) is 10.0 Å². The maximum atomic E-state index is 13.2. The van der Waals surface area contributed by atoms with E-state index in [4.69, 9.17) is 23.2 Å². The first-order chi connectivity index (χ1) is 13.1. The van der Waals surface area contributed by atoms with Crippen LogP contribution in [0.5, 0.6) is 0 Å². The second-order valence-electron chi connectivity index (χ2n) is 8.61. The largest absolute Gasteiger partial charge is 0.375 e. The smallest absolute Gasteiger partial charge is 0.145 e. The predicted molar refractivity (Wildman–Crippen MR) is 117 cm³/mol. The lowest BCUT2D eigenvalue weighted by Crippen LogP contribution is -2.36. The van der Waals surface area contributed by atoms with Gasteiger partial charge in [-0.2, -0.15) is 0 Å².